The summed E-state index contributed by atoms with van der Waals surface area (Å²) >= 11 is 0. The molecule has 0 aliphatic carbocycles. The standard InChI is InChI=1S/C21H25N7.HI/c1-22-20(27-13-15-28(16-14-27)21-23-10-4-11-24-21)25-12-9-18-8-7-17-5-2-3-6-19(17)26-18;/h2-8,10-11H,9,12-16H2,1H3,(H,22,25);1H. The highest BCUT2D eigenvalue weighted by Gasteiger charge is 2.20. The van der Waals surface area contributed by atoms with Crippen molar-refractivity contribution in [1.29, 1.82) is 0 Å². The predicted octanol–water partition coefficient (Wildman–Crippen LogP) is 2.58. The number of hydrogen-bond acceptors (Lipinski definition) is 5. The summed E-state index contributed by atoms with van der Waals surface area (Å²) in [5.74, 6) is 1.74. The van der Waals surface area contributed by atoms with Gasteiger partial charge in [0.15, 0.2) is 5.96 Å². The van der Waals surface area contributed by atoms with Crippen molar-refractivity contribution in [3.8, 4) is 0 Å². The summed E-state index contributed by atoms with van der Waals surface area (Å²) in [6, 6.07) is 14.3. The van der Waals surface area contributed by atoms with E-state index in [0.29, 0.717) is 0 Å². The van der Waals surface area contributed by atoms with Crippen molar-refractivity contribution in [2.45, 2.75) is 6.42 Å². The second-order valence-corrected chi connectivity index (χ2v) is 6.74. The number of pyridine rings is 1. The summed E-state index contributed by atoms with van der Waals surface area (Å²) in [5, 5.41) is 4.65. The first kappa shape index (κ1) is 21.2. The second kappa shape index (κ2) is 10.3. The third-order valence-corrected chi connectivity index (χ3v) is 4.95. The lowest BCUT2D eigenvalue weighted by Crippen LogP contribution is -2.53. The van der Waals surface area contributed by atoms with Gasteiger partial charge < -0.3 is 15.1 Å². The summed E-state index contributed by atoms with van der Waals surface area (Å²) in [6.45, 7) is 4.37. The zero-order valence-electron chi connectivity index (χ0n) is 16.5. The van der Waals surface area contributed by atoms with Gasteiger partial charge in [-0.15, -0.1) is 24.0 Å². The summed E-state index contributed by atoms with van der Waals surface area (Å²) < 4.78 is 0. The molecule has 0 bridgehead atoms. The maximum Gasteiger partial charge on any atom is 0.225 e. The molecule has 1 aromatic carbocycles. The van der Waals surface area contributed by atoms with E-state index in [4.69, 9.17) is 4.98 Å². The number of aliphatic imine (C=N–C) groups is 1. The average Bonchev–Trinajstić information content (AvgIpc) is 2.77. The molecule has 7 nitrogen and oxygen atoms in total. The molecule has 1 fully saturated rings. The SMILES string of the molecule is CN=C(NCCc1ccc2ccccc2n1)N1CCN(c2ncccn2)CC1.I. The third-order valence-electron chi connectivity index (χ3n) is 4.95. The Labute approximate surface area is 188 Å². The van der Waals surface area contributed by atoms with Gasteiger partial charge in [0.2, 0.25) is 5.95 Å². The molecule has 1 aliphatic rings. The van der Waals surface area contributed by atoms with Crippen molar-refractivity contribution in [3.05, 3.63) is 60.6 Å². The first-order valence-electron chi connectivity index (χ1n) is 9.66. The number of fused-ring (bicyclic) bond motifs is 1. The zero-order chi connectivity index (χ0) is 19.2. The molecule has 0 saturated carbocycles. The molecular formula is C21H26IN7. The van der Waals surface area contributed by atoms with E-state index in [1.165, 1.54) is 5.39 Å². The quantitative estimate of drug-likeness (QED) is 0.336. The number of para-hydroxylation sites is 1. The highest BCUT2D eigenvalue weighted by molar-refractivity contribution is 14.0. The largest absolute Gasteiger partial charge is 0.356 e. The van der Waals surface area contributed by atoms with Gasteiger partial charge in [0.25, 0.3) is 0 Å². The maximum absolute atomic E-state index is 4.74. The highest BCUT2D eigenvalue weighted by Crippen LogP contribution is 2.12. The van der Waals surface area contributed by atoms with E-state index < -0.39 is 0 Å². The van der Waals surface area contributed by atoms with Gasteiger partial charge in [-0.25, -0.2) is 9.97 Å². The number of hydrogen-bond donors (Lipinski definition) is 1. The summed E-state index contributed by atoms with van der Waals surface area (Å²) in [6.07, 6.45) is 4.44. The van der Waals surface area contributed by atoms with Crippen molar-refractivity contribution < 1.29 is 0 Å². The molecule has 4 rings (SSSR count). The lowest BCUT2D eigenvalue weighted by molar-refractivity contribution is 0.370. The fourth-order valence-electron chi connectivity index (χ4n) is 3.45. The first-order chi connectivity index (χ1) is 13.8. The van der Waals surface area contributed by atoms with Crippen LogP contribution in [0.3, 0.4) is 0 Å². The van der Waals surface area contributed by atoms with Crippen molar-refractivity contribution in [2.75, 3.05) is 44.7 Å². The van der Waals surface area contributed by atoms with Crippen molar-refractivity contribution in [1.82, 2.24) is 25.2 Å². The van der Waals surface area contributed by atoms with Crippen LogP contribution in [0.4, 0.5) is 5.95 Å². The topological polar surface area (TPSA) is 69.5 Å². The minimum atomic E-state index is 0. The monoisotopic (exact) mass is 503 g/mol. The van der Waals surface area contributed by atoms with Crippen LogP contribution in [0.25, 0.3) is 10.9 Å². The number of guanidine groups is 1. The Kier molecular flexibility index (Phi) is 7.56. The van der Waals surface area contributed by atoms with Crippen LogP contribution in [0.5, 0.6) is 0 Å². The van der Waals surface area contributed by atoms with Crippen molar-refractivity contribution >= 4 is 46.8 Å². The van der Waals surface area contributed by atoms with Crippen LogP contribution >= 0.6 is 24.0 Å². The molecule has 1 aliphatic heterocycles. The summed E-state index contributed by atoms with van der Waals surface area (Å²) in [7, 11) is 1.84. The molecule has 3 heterocycles. The molecule has 2 aromatic heterocycles. The highest BCUT2D eigenvalue weighted by atomic mass is 127. The van der Waals surface area contributed by atoms with Gasteiger partial charge in [-0.05, 0) is 18.2 Å². The third kappa shape index (κ3) is 5.31. The van der Waals surface area contributed by atoms with Gasteiger partial charge in [-0.1, -0.05) is 24.3 Å². The van der Waals surface area contributed by atoms with Crippen LogP contribution in [0.1, 0.15) is 5.69 Å². The lowest BCUT2D eigenvalue weighted by Gasteiger charge is -2.36. The van der Waals surface area contributed by atoms with E-state index in [-0.39, 0.29) is 24.0 Å². The molecule has 0 spiro atoms. The first-order valence-corrected chi connectivity index (χ1v) is 9.66. The van der Waals surface area contributed by atoms with Gasteiger partial charge in [0, 0.05) is 69.7 Å². The Bertz CT molecular complexity index is 940. The van der Waals surface area contributed by atoms with E-state index in [2.05, 4.69) is 54.3 Å². The molecule has 0 unspecified atom stereocenters. The minimum Gasteiger partial charge on any atom is -0.356 e. The Morgan fingerprint density at radius 2 is 1.76 bits per heavy atom. The molecule has 29 heavy (non-hydrogen) atoms. The average molecular weight is 503 g/mol. The number of rotatable bonds is 4. The van der Waals surface area contributed by atoms with E-state index in [0.717, 1.165) is 62.3 Å². The second-order valence-electron chi connectivity index (χ2n) is 6.74. The van der Waals surface area contributed by atoms with Crippen LogP contribution in [0, 0.1) is 0 Å². The molecule has 3 aromatic rings. The number of nitrogens with zero attached hydrogens (tertiary/aromatic N) is 6. The summed E-state index contributed by atoms with van der Waals surface area (Å²) in [5.41, 5.74) is 2.14. The number of aromatic nitrogens is 3. The fraction of sp³-hybridized carbons (Fsp3) is 0.333. The summed E-state index contributed by atoms with van der Waals surface area (Å²) in [4.78, 5) is 22.4. The Hall–Kier alpha value is -2.49. The van der Waals surface area contributed by atoms with Gasteiger partial charge in [0.05, 0.1) is 5.52 Å². The Morgan fingerprint density at radius 1 is 1.00 bits per heavy atom. The predicted molar refractivity (Wildman–Crippen MR) is 128 cm³/mol. The molecule has 0 amide bonds. The number of nitrogens with one attached hydrogen (secondary N) is 1. The van der Waals surface area contributed by atoms with Crippen LogP contribution in [0.15, 0.2) is 59.9 Å². The fourth-order valence-corrected chi connectivity index (χ4v) is 3.45. The number of anilines is 1. The van der Waals surface area contributed by atoms with Crippen molar-refractivity contribution in [2.24, 2.45) is 4.99 Å². The molecule has 0 radical (unpaired) electrons. The Morgan fingerprint density at radius 3 is 2.52 bits per heavy atom. The van der Waals surface area contributed by atoms with Gasteiger partial charge in [-0.3, -0.25) is 9.98 Å². The van der Waals surface area contributed by atoms with E-state index in [1.54, 1.807) is 12.4 Å². The molecule has 8 heteroatoms. The normalized spacial score (nSPS) is 14.6. The maximum atomic E-state index is 4.74. The molecule has 152 valence electrons. The van der Waals surface area contributed by atoms with Gasteiger partial charge >= 0.3 is 0 Å². The van der Waals surface area contributed by atoms with Crippen LogP contribution < -0.4 is 10.2 Å². The Balaban J connectivity index is 0.00000240. The molecule has 1 N–H and O–H groups in total. The molecule has 0 atom stereocenters. The number of piperazine rings is 1. The van der Waals surface area contributed by atoms with Crippen LogP contribution in [0.2, 0.25) is 0 Å². The van der Waals surface area contributed by atoms with E-state index >= 15 is 0 Å². The van der Waals surface area contributed by atoms with Crippen LogP contribution in [-0.4, -0.2) is 65.6 Å². The van der Waals surface area contributed by atoms with Crippen molar-refractivity contribution in [3.63, 3.8) is 0 Å². The van der Waals surface area contributed by atoms with E-state index in [1.807, 2.05) is 25.2 Å². The minimum absolute atomic E-state index is 0. The number of benzene rings is 1. The zero-order valence-corrected chi connectivity index (χ0v) is 18.9. The smallest absolute Gasteiger partial charge is 0.225 e. The molecular weight excluding hydrogens is 477 g/mol. The van der Waals surface area contributed by atoms with Crippen LogP contribution in [-0.2, 0) is 6.42 Å². The lowest BCUT2D eigenvalue weighted by atomic mass is 10.2. The number of halogens is 1. The van der Waals surface area contributed by atoms with E-state index in [9.17, 15) is 0 Å². The molecule has 1 saturated heterocycles. The van der Waals surface area contributed by atoms with Gasteiger partial charge in [0.1, 0.15) is 0 Å². The van der Waals surface area contributed by atoms with Gasteiger partial charge in [-0.2, -0.15) is 0 Å².